The first-order valence-corrected chi connectivity index (χ1v) is 8.05. The maximum absolute atomic E-state index is 9.38. The molecule has 0 radical (unpaired) electrons. The Morgan fingerprint density at radius 2 is 1.80 bits per heavy atom. The van der Waals surface area contributed by atoms with Crippen LogP contribution in [-0.4, -0.2) is 25.0 Å². The number of nitrogens with zero attached hydrogens (tertiary/aromatic N) is 3. The van der Waals surface area contributed by atoms with Gasteiger partial charge in [0.05, 0.1) is 28.9 Å². The van der Waals surface area contributed by atoms with E-state index in [1.807, 2.05) is 48.7 Å². The summed E-state index contributed by atoms with van der Waals surface area (Å²) in [5.41, 5.74) is 6.31. The van der Waals surface area contributed by atoms with Crippen molar-refractivity contribution in [1.82, 2.24) is 19.9 Å². The average molecular weight is 326 g/mol. The lowest BCUT2D eigenvalue weighted by Crippen LogP contribution is -1.90. The van der Waals surface area contributed by atoms with Crippen LogP contribution in [0.25, 0.3) is 44.1 Å². The molecule has 0 aliphatic heterocycles. The predicted octanol–water partition coefficient (Wildman–Crippen LogP) is 3.82. The third-order valence-corrected chi connectivity index (χ3v) is 4.52. The zero-order valence-corrected chi connectivity index (χ0v) is 13.3. The summed E-state index contributed by atoms with van der Waals surface area (Å²) in [6.07, 6.45) is 5.21. The molecule has 5 aromatic rings. The molecule has 120 valence electrons. The van der Waals surface area contributed by atoms with E-state index >= 15 is 0 Å². The summed E-state index contributed by atoms with van der Waals surface area (Å²) < 4.78 is 0. The van der Waals surface area contributed by atoms with Crippen molar-refractivity contribution >= 4 is 32.8 Å². The van der Waals surface area contributed by atoms with Crippen molar-refractivity contribution in [3.8, 4) is 11.3 Å². The fraction of sp³-hybridized carbons (Fsp3) is 0.0500. The third kappa shape index (κ3) is 2.10. The number of pyridine rings is 1. The van der Waals surface area contributed by atoms with Gasteiger partial charge in [-0.15, -0.1) is 0 Å². The van der Waals surface area contributed by atoms with Crippen molar-refractivity contribution in [2.24, 2.45) is 0 Å². The standard InChI is InChI=1S/C20H14N4O/c25-11-12-4-5-13-14-6-7-22-19(20(14)24-17(13)10-12)15-2-1-3-16-18(15)23-9-8-21-16/h1-10,24-25H,11H2. The summed E-state index contributed by atoms with van der Waals surface area (Å²) in [6.45, 7) is 0.0231. The summed E-state index contributed by atoms with van der Waals surface area (Å²) >= 11 is 0. The molecule has 0 amide bonds. The second-order valence-electron chi connectivity index (χ2n) is 5.97. The maximum Gasteiger partial charge on any atom is 0.0981 e. The summed E-state index contributed by atoms with van der Waals surface area (Å²) in [5.74, 6) is 0. The van der Waals surface area contributed by atoms with Crippen LogP contribution in [-0.2, 0) is 6.61 Å². The molecule has 2 aromatic carbocycles. The number of aromatic nitrogens is 4. The van der Waals surface area contributed by atoms with Gasteiger partial charge in [-0.1, -0.05) is 24.3 Å². The quantitative estimate of drug-likeness (QED) is 0.517. The van der Waals surface area contributed by atoms with E-state index in [4.69, 9.17) is 0 Å². The van der Waals surface area contributed by atoms with Crippen LogP contribution in [0.4, 0.5) is 0 Å². The molecule has 0 saturated carbocycles. The van der Waals surface area contributed by atoms with Gasteiger partial charge in [0.25, 0.3) is 0 Å². The Morgan fingerprint density at radius 1 is 0.880 bits per heavy atom. The maximum atomic E-state index is 9.38. The fourth-order valence-electron chi connectivity index (χ4n) is 3.36. The number of aliphatic hydroxyl groups excluding tert-OH is 1. The summed E-state index contributed by atoms with van der Waals surface area (Å²) in [4.78, 5) is 17.0. The first kappa shape index (κ1) is 14.1. The number of hydrogen-bond acceptors (Lipinski definition) is 4. The van der Waals surface area contributed by atoms with Crippen LogP contribution >= 0.6 is 0 Å². The van der Waals surface area contributed by atoms with E-state index in [0.717, 1.165) is 49.7 Å². The summed E-state index contributed by atoms with van der Waals surface area (Å²) in [6, 6.07) is 13.9. The highest BCUT2D eigenvalue weighted by Crippen LogP contribution is 2.34. The first-order valence-electron chi connectivity index (χ1n) is 8.05. The van der Waals surface area contributed by atoms with E-state index in [2.05, 4.69) is 19.9 Å². The molecule has 3 heterocycles. The lowest BCUT2D eigenvalue weighted by Gasteiger charge is -2.05. The van der Waals surface area contributed by atoms with Crippen molar-refractivity contribution in [3.05, 3.63) is 66.6 Å². The second-order valence-corrected chi connectivity index (χ2v) is 5.97. The van der Waals surface area contributed by atoms with Gasteiger partial charge in [-0.2, -0.15) is 0 Å². The van der Waals surface area contributed by atoms with Gasteiger partial charge in [0.2, 0.25) is 0 Å². The summed E-state index contributed by atoms with van der Waals surface area (Å²) in [5, 5.41) is 11.6. The van der Waals surface area contributed by atoms with Gasteiger partial charge >= 0.3 is 0 Å². The van der Waals surface area contributed by atoms with Gasteiger partial charge in [0, 0.05) is 40.4 Å². The van der Waals surface area contributed by atoms with Crippen molar-refractivity contribution in [2.45, 2.75) is 6.61 Å². The molecule has 0 aliphatic rings. The SMILES string of the molecule is OCc1ccc2c(c1)[nH]c1c(-c3cccc4nccnc34)nccc12. The number of aliphatic hydroxyl groups is 1. The Hall–Kier alpha value is -3.31. The van der Waals surface area contributed by atoms with Gasteiger partial charge in [-0.05, 0) is 23.8 Å². The number of H-pyrrole nitrogens is 1. The third-order valence-electron chi connectivity index (χ3n) is 4.52. The van der Waals surface area contributed by atoms with E-state index in [1.54, 1.807) is 12.4 Å². The number of para-hydroxylation sites is 1. The van der Waals surface area contributed by atoms with E-state index < -0.39 is 0 Å². The van der Waals surface area contributed by atoms with Gasteiger partial charge in [0.15, 0.2) is 0 Å². The van der Waals surface area contributed by atoms with Crippen LogP contribution in [0, 0.1) is 0 Å². The molecule has 0 fully saturated rings. The minimum Gasteiger partial charge on any atom is -0.392 e. The molecule has 0 unspecified atom stereocenters. The van der Waals surface area contributed by atoms with E-state index in [9.17, 15) is 5.11 Å². The molecule has 3 aromatic heterocycles. The van der Waals surface area contributed by atoms with E-state index in [0.29, 0.717) is 0 Å². The molecular weight excluding hydrogens is 312 g/mol. The highest BCUT2D eigenvalue weighted by atomic mass is 16.3. The monoisotopic (exact) mass is 326 g/mol. The number of aromatic amines is 1. The number of rotatable bonds is 2. The number of nitrogens with one attached hydrogen (secondary N) is 1. The van der Waals surface area contributed by atoms with Gasteiger partial charge in [0.1, 0.15) is 0 Å². The Kier molecular flexibility index (Phi) is 3.02. The number of fused-ring (bicyclic) bond motifs is 4. The van der Waals surface area contributed by atoms with Crippen LogP contribution in [0.2, 0.25) is 0 Å². The van der Waals surface area contributed by atoms with Crippen LogP contribution in [0.3, 0.4) is 0 Å². The fourth-order valence-corrected chi connectivity index (χ4v) is 3.36. The summed E-state index contributed by atoms with van der Waals surface area (Å²) in [7, 11) is 0. The molecule has 0 aliphatic carbocycles. The molecule has 5 rings (SSSR count). The molecular formula is C20H14N4O. The number of hydrogen-bond donors (Lipinski definition) is 2. The zero-order chi connectivity index (χ0) is 16.8. The lowest BCUT2D eigenvalue weighted by molar-refractivity contribution is 0.282. The van der Waals surface area contributed by atoms with Gasteiger partial charge in [-0.25, -0.2) is 0 Å². The van der Waals surface area contributed by atoms with Crippen molar-refractivity contribution in [2.75, 3.05) is 0 Å². The second kappa shape index (κ2) is 5.36. The largest absolute Gasteiger partial charge is 0.392 e. The highest BCUT2D eigenvalue weighted by molar-refractivity contribution is 6.12. The Bertz CT molecular complexity index is 1240. The topological polar surface area (TPSA) is 74.7 Å². The van der Waals surface area contributed by atoms with Crippen molar-refractivity contribution in [1.29, 1.82) is 0 Å². The number of benzene rings is 2. The Balaban J connectivity index is 1.87. The van der Waals surface area contributed by atoms with Crippen LogP contribution in [0.5, 0.6) is 0 Å². The molecule has 2 N–H and O–H groups in total. The van der Waals surface area contributed by atoms with Gasteiger partial charge < -0.3 is 10.1 Å². The molecule has 5 nitrogen and oxygen atoms in total. The van der Waals surface area contributed by atoms with Crippen molar-refractivity contribution < 1.29 is 5.11 Å². The average Bonchev–Trinajstić information content (AvgIpc) is 3.05. The minimum atomic E-state index is 0.0231. The van der Waals surface area contributed by atoms with Gasteiger partial charge in [-0.3, -0.25) is 15.0 Å². The molecule has 0 saturated heterocycles. The predicted molar refractivity (Wildman–Crippen MR) is 98.1 cm³/mol. The van der Waals surface area contributed by atoms with E-state index in [1.165, 1.54) is 0 Å². The first-order chi connectivity index (χ1) is 12.3. The van der Waals surface area contributed by atoms with Crippen LogP contribution in [0.15, 0.2) is 61.1 Å². The Labute approximate surface area is 143 Å². The van der Waals surface area contributed by atoms with Crippen LogP contribution < -0.4 is 0 Å². The molecule has 5 heteroatoms. The molecule has 25 heavy (non-hydrogen) atoms. The molecule has 0 bridgehead atoms. The zero-order valence-electron chi connectivity index (χ0n) is 13.3. The van der Waals surface area contributed by atoms with Crippen molar-refractivity contribution in [3.63, 3.8) is 0 Å². The smallest absolute Gasteiger partial charge is 0.0981 e. The van der Waals surface area contributed by atoms with Crippen LogP contribution in [0.1, 0.15) is 5.56 Å². The Morgan fingerprint density at radius 3 is 2.72 bits per heavy atom. The minimum absolute atomic E-state index is 0.0231. The lowest BCUT2D eigenvalue weighted by atomic mass is 10.1. The normalized spacial score (nSPS) is 11.6. The molecule has 0 atom stereocenters. The highest BCUT2D eigenvalue weighted by Gasteiger charge is 2.14. The molecule has 0 spiro atoms. The van der Waals surface area contributed by atoms with E-state index in [-0.39, 0.29) is 6.61 Å².